The van der Waals surface area contributed by atoms with Gasteiger partial charge in [0.15, 0.2) is 0 Å². The molecular formula is C18H21NO. The maximum atomic E-state index is 5.99. The Bertz CT molecular complexity index is 565. The van der Waals surface area contributed by atoms with Gasteiger partial charge in [0.1, 0.15) is 0 Å². The van der Waals surface area contributed by atoms with Crippen LogP contribution in [0.3, 0.4) is 0 Å². The highest BCUT2D eigenvalue weighted by Gasteiger charge is 2.22. The molecule has 2 heterocycles. The molecule has 1 aliphatic heterocycles. The van der Waals surface area contributed by atoms with Gasteiger partial charge >= 0.3 is 0 Å². The predicted molar refractivity (Wildman–Crippen MR) is 81.6 cm³/mol. The number of benzene rings is 1. The summed E-state index contributed by atoms with van der Waals surface area (Å²) in [5.74, 6) is 0. The van der Waals surface area contributed by atoms with Gasteiger partial charge in [0.2, 0.25) is 0 Å². The van der Waals surface area contributed by atoms with E-state index in [0.29, 0.717) is 0 Å². The van der Waals surface area contributed by atoms with Gasteiger partial charge in [-0.15, -0.1) is 0 Å². The van der Waals surface area contributed by atoms with Gasteiger partial charge in [-0.05, 0) is 47.2 Å². The molecule has 1 aromatic heterocycles. The number of fused-ring (bicyclic) bond motifs is 1. The molecule has 0 amide bonds. The first-order chi connectivity index (χ1) is 9.90. The van der Waals surface area contributed by atoms with E-state index in [4.69, 9.17) is 4.74 Å². The van der Waals surface area contributed by atoms with E-state index in [1.165, 1.54) is 35.1 Å². The molecule has 2 heteroatoms. The van der Waals surface area contributed by atoms with E-state index in [2.05, 4.69) is 42.2 Å². The van der Waals surface area contributed by atoms with Gasteiger partial charge in [-0.2, -0.15) is 0 Å². The first-order valence-corrected chi connectivity index (χ1v) is 7.54. The minimum atomic E-state index is 0.278. The molecule has 1 aliphatic rings. The largest absolute Gasteiger partial charge is 0.373 e. The molecule has 2 nitrogen and oxygen atoms in total. The molecule has 1 aromatic carbocycles. The molecule has 20 heavy (non-hydrogen) atoms. The van der Waals surface area contributed by atoms with Crippen molar-refractivity contribution in [3.63, 3.8) is 0 Å². The second-order valence-corrected chi connectivity index (χ2v) is 5.36. The zero-order valence-corrected chi connectivity index (χ0v) is 12.0. The van der Waals surface area contributed by atoms with E-state index >= 15 is 0 Å². The molecule has 0 radical (unpaired) electrons. The lowest BCUT2D eigenvalue weighted by atomic mass is 9.88. The predicted octanol–water partition coefficient (Wildman–Crippen LogP) is 4.55. The highest BCUT2D eigenvalue weighted by atomic mass is 16.5. The van der Waals surface area contributed by atoms with Crippen molar-refractivity contribution >= 4 is 0 Å². The van der Waals surface area contributed by atoms with Crippen LogP contribution >= 0.6 is 0 Å². The molecule has 104 valence electrons. The number of hydrogen-bond donors (Lipinski definition) is 0. The molecule has 0 N–H and O–H groups in total. The van der Waals surface area contributed by atoms with Crippen LogP contribution in [0.2, 0.25) is 0 Å². The summed E-state index contributed by atoms with van der Waals surface area (Å²) in [5.41, 5.74) is 5.45. The first-order valence-electron chi connectivity index (χ1n) is 7.54. The van der Waals surface area contributed by atoms with Crippen LogP contribution in [-0.2, 0) is 11.2 Å². The smallest absolute Gasteiger partial charge is 0.0828 e. The van der Waals surface area contributed by atoms with Gasteiger partial charge < -0.3 is 4.74 Å². The van der Waals surface area contributed by atoms with Crippen molar-refractivity contribution in [3.05, 3.63) is 53.9 Å². The van der Waals surface area contributed by atoms with E-state index in [-0.39, 0.29) is 6.10 Å². The summed E-state index contributed by atoms with van der Waals surface area (Å²) >= 11 is 0. The zero-order valence-electron chi connectivity index (χ0n) is 12.0. The third kappa shape index (κ3) is 2.61. The molecule has 2 aromatic rings. The minimum Gasteiger partial charge on any atom is -0.373 e. The number of ether oxygens (including phenoxy) is 1. The summed E-state index contributed by atoms with van der Waals surface area (Å²) in [4.78, 5) is 4.11. The highest BCUT2D eigenvalue weighted by molar-refractivity contribution is 5.68. The van der Waals surface area contributed by atoms with E-state index in [1.54, 1.807) is 0 Å². The SMILES string of the molecule is CCCC[C@H]1OCCc2c(-c3ccncc3)cccc21. The molecule has 0 saturated carbocycles. The number of pyridine rings is 1. The van der Waals surface area contributed by atoms with E-state index in [1.807, 2.05) is 12.4 Å². The maximum Gasteiger partial charge on any atom is 0.0828 e. The Morgan fingerprint density at radius 2 is 2.05 bits per heavy atom. The summed E-state index contributed by atoms with van der Waals surface area (Å²) in [6.45, 7) is 3.07. The molecule has 0 spiro atoms. The van der Waals surface area contributed by atoms with Crippen LogP contribution in [0.25, 0.3) is 11.1 Å². The van der Waals surface area contributed by atoms with Crippen LogP contribution in [0, 0.1) is 0 Å². The Morgan fingerprint density at radius 3 is 2.85 bits per heavy atom. The Morgan fingerprint density at radius 1 is 1.20 bits per heavy atom. The number of hydrogen-bond acceptors (Lipinski definition) is 2. The Balaban J connectivity index is 1.99. The van der Waals surface area contributed by atoms with Crippen LogP contribution in [0.15, 0.2) is 42.7 Å². The number of rotatable bonds is 4. The number of aromatic nitrogens is 1. The molecule has 0 aliphatic carbocycles. The summed E-state index contributed by atoms with van der Waals surface area (Å²) in [6, 6.07) is 10.8. The third-order valence-corrected chi connectivity index (χ3v) is 4.04. The lowest BCUT2D eigenvalue weighted by Crippen LogP contribution is -2.17. The Labute approximate surface area is 120 Å². The summed E-state index contributed by atoms with van der Waals surface area (Å²) in [6.07, 6.45) is 8.59. The second-order valence-electron chi connectivity index (χ2n) is 5.36. The van der Waals surface area contributed by atoms with Crippen molar-refractivity contribution < 1.29 is 4.74 Å². The van der Waals surface area contributed by atoms with Crippen LogP contribution < -0.4 is 0 Å². The zero-order chi connectivity index (χ0) is 13.8. The normalized spacial score (nSPS) is 17.8. The molecule has 0 bridgehead atoms. The maximum absolute atomic E-state index is 5.99. The van der Waals surface area contributed by atoms with Crippen molar-refractivity contribution in [2.24, 2.45) is 0 Å². The fraction of sp³-hybridized carbons (Fsp3) is 0.389. The quantitative estimate of drug-likeness (QED) is 0.810. The van der Waals surface area contributed by atoms with Crippen molar-refractivity contribution in [2.75, 3.05) is 6.61 Å². The fourth-order valence-electron chi connectivity index (χ4n) is 3.01. The van der Waals surface area contributed by atoms with Crippen molar-refractivity contribution in [3.8, 4) is 11.1 Å². The Kier molecular flexibility index (Phi) is 4.12. The van der Waals surface area contributed by atoms with E-state index in [0.717, 1.165) is 19.4 Å². The minimum absolute atomic E-state index is 0.278. The van der Waals surface area contributed by atoms with Crippen LogP contribution in [0.5, 0.6) is 0 Å². The standard InChI is InChI=1S/C18H21NO/c1-2-3-7-18-17-6-4-5-15(16(17)10-13-20-18)14-8-11-19-12-9-14/h4-6,8-9,11-12,18H,2-3,7,10,13H2,1H3/t18-/m1/s1. The monoisotopic (exact) mass is 267 g/mol. The van der Waals surface area contributed by atoms with Crippen LogP contribution in [0.4, 0.5) is 0 Å². The van der Waals surface area contributed by atoms with E-state index < -0.39 is 0 Å². The van der Waals surface area contributed by atoms with Gasteiger partial charge in [0.05, 0.1) is 12.7 Å². The van der Waals surface area contributed by atoms with Gasteiger partial charge in [-0.1, -0.05) is 38.0 Å². The highest BCUT2D eigenvalue weighted by Crippen LogP contribution is 2.36. The molecule has 0 saturated heterocycles. The summed E-state index contributed by atoms with van der Waals surface area (Å²) < 4.78 is 5.99. The van der Waals surface area contributed by atoms with Crippen molar-refractivity contribution in [2.45, 2.75) is 38.7 Å². The van der Waals surface area contributed by atoms with Crippen LogP contribution in [0.1, 0.15) is 43.4 Å². The molecule has 0 fully saturated rings. The number of nitrogens with zero attached hydrogens (tertiary/aromatic N) is 1. The lowest BCUT2D eigenvalue weighted by Gasteiger charge is -2.28. The van der Waals surface area contributed by atoms with Gasteiger partial charge in [-0.25, -0.2) is 0 Å². The molecular weight excluding hydrogens is 246 g/mol. The molecule has 3 rings (SSSR count). The lowest BCUT2D eigenvalue weighted by molar-refractivity contribution is 0.0353. The summed E-state index contributed by atoms with van der Waals surface area (Å²) in [7, 11) is 0. The van der Waals surface area contributed by atoms with Gasteiger partial charge in [0.25, 0.3) is 0 Å². The van der Waals surface area contributed by atoms with Crippen LogP contribution in [-0.4, -0.2) is 11.6 Å². The number of unbranched alkanes of at least 4 members (excludes halogenated alkanes) is 1. The second kappa shape index (κ2) is 6.19. The van der Waals surface area contributed by atoms with Gasteiger partial charge in [0, 0.05) is 12.4 Å². The average molecular weight is 267 g/mol. The topological polar surface area (TPSA) is 22.1 Å². The van der Waals surface area contributed by atoms with Crippen molar-refractivity contribution in [1.29, 1.82) is 0 Å². The third-order valence-electron chi connectivity index (χ3n) is 4.04. The summed E-state index contributed by atoms with van der Waals surface area (Å²) in [5, 5.41) is 0. The molecule has 1 atom stereocenters. The average Bonchev–Trinajstić information content (AvgIpc) is 2.53. The van der Waals surface area contributed by atoms with Crippen molar-refractivity contribution in [1.82, 2.24) is 4.98 Å². The van der Waals surface area contributed by atoms with Gasteiger partial charge in [-0.3, -0.25) is 4.98 Å². The molecule has 0 unspecified atom stereocenters. The van der Waals surface area contributed by atoms with E-state index in [9.17, 15) is 0 Å². The first kappa shape index (κ1) is 13.3. The Hall–Kier alpha value is -1.67. The fourth-order valence-corrected chi connectivity index (χ4v) is 3.01.